The molecule has 0 spiro atoms. The minimum absolute atomic E-state index is 0.146. The molecule has 0 radical (unpaired) electrons. The van der Waals surface area contributed by atoms with Gasteiger partial charge in [0, 0.05) is 5.54 Å². The summed E-state index contributed by atoms with van der Waals surface area (Å²) in [7, 11) is 0. The highest BCUT2D eigenvalue weighted by atomic mass is 19.1. The van der Waals surface area contributed by atoms with Crippen LogP contribution >= 0.6 is 0 Å². The lowest BCUT2D eigenvalue weighted by Gasteiger charge is -2.26. The van der Waals surface area contributed by atoms with Crippen LogP contribution in [0.3, 0.4) is 0 Å². The van der Waals surface area contributed by atoms with Crippen molar-refractivity contribution in [3.63, 3.8) is 0 Å². The van der Waals surface area contributed by atoms with Crippen LogP contribution in [0.15, 0.2) is 18.2 Å². The van der Waals surface area contributed by atoms with Gasteiger partial charge in [0.25, 0.3) is 0 Å². The van der Waals surface area contributed by atoms with Gasteiger partial charge in [-0.2, -0.15) is 0 Å². The van der Waals surface area contributed by atoms with Gasteiger partial charge in [-0.1, -0.05) is 19.9 Å². The summed E-state index contributed by atoms with van der Waals surface area (Å²) in [5, 5.41) is 0. The number of aryl methyl sites for hydroxylation is 1. The van der Waals surface area contributed by atoms with Crippen LogP contribution in [-0.2, 0) is 12.0 Å². The highest BCUT2D eigenvalue weighted by Crippen LogP contribution is 2.39. The monoisotopic (exact) mass is 221 g/mol. The number of halogens is 1. The Morgan fingerprint density at radius 1 is 1.44 bits per heavy atom. The lowest BCUT2D eigenvalue weighted by Crippen LogP contribution is -2.34. The van der Waals surface area contributed by atoms with Crippen LogP contribution in [0.25, 0.3) is 0 Å². The van der Waals surface area contributed by atoms with Crippen molar-refractivity contribution >= 4 is 0 Å². The van der Waals surface area contributed by atoms with Gasteiger partial charge in [-0.15, -0.1) is 0 Å². The molecule has 1 nitrogen and oxygen atoms in total. The third-order valence-electron chi connectivity index (χ3n) is 3.61. The van der Waals surface area contributed by atoms with E-state index in [-0.39, 0.29) is 11.4 Å². The summed E-state index contributed by atoms with van der Waals surface area (Å²) < 4.78 is 13.1. The Balaban J connectivity index is 2.21. The number of benzene rings is 1. The van der Waals surface area contributed by atoms with Gasteiger partial charge in [-0.05, 0) is 54.9 Å². The molecule has 0 saturated heterocycles. The maximum atomic E-state index is 13.1. The average molecular weight is 221 g/mol. The minimum Gasteiger partial charge on any atom is -0.321 e. The molecule has 2 heteroatoms. The van der Waals surface area contributed by atoms with Crippen LogP contribution in [0.4, 0.5) is 4.39 Å². The molecule has 0 amide bonds. The molecule has 0 heterocycles. The number of hydrogen-bond acceptors (Lipinski definition) is 1. The van der Waals surface area contributed by atoms with Gasteiger partial charge in [0.15, 0.2) is 0 Å². The van der Waals surface area contributed by atoms with E-state index in [4.69, 9.17) is 5.73 Å². The molecule has 1 atom stereocenters. The predicted octanol–water partition coefficient (Wildman–Crippen LogP) is 3.36. The Bertz CT molecular complexity index is 386. The fourth-order valence-electron chi connectivity index (χ4n) is 2.55. The second-order valence-electron chi connectivity index (χ2n) is 5.39. The van der Waals surface area contributed by atoms with Crippen molar-refractivity contribution in [2.45, 2.75) is 45.1 Å². The maximum Gasteiger partial charge on any atom is 0.123 e. The molecule has 1 aromatic rings. The molecule has 88 valence electrons. The molecule has 16 heavy (non-hydrogen) atoms. The SMILES string of the molecule is CC(C)CCC1(N)CCc2cc(F)ccc21. The fraction of sp³-hybridized carbons (Fsp3) is 0.571. The summed E-state index contributed by atoms with van der Waals surface area (Å²) in [5.74, 6) is 0.525. The van der Waals surface area contributed by atoms with Crippen molar-refractivity contribution in [1.82, 2.24) is 0 Å². The maximum absolute atomic E-state index is 13.1. The normalized spacial score (nSPS) is 23.8. The minimum atomic E-state index is -0.215. The Morgan fingerprint density at radius 3 is 2.88 bits per heavy atom. The van der Waals surface area contributed by atoms with E-state index in [1.54, 1.807) is 6.07 Å². The zero-order valence-corrected chi connectivity index (χ0v) is 10.1. The predicted molar refractivity (Wildman–Crippen MR) is 64.7 cm³/mol. The van der Waals surface area contributed by atoms with Crippen LogP contribution in [0.1, 0.15) is 44.2 Å². The van der Waals surface area contributed by atoms with Crippen LogP contribution < -0.4 is 5.73 Å². The summed E-state index contributed by atoms with van der Waals surface area (Å²) in [4.78, 5) is 0. The van der Waals surface area contributed by atoms with Gasteiger partial charge >= 0.3 is 0 Å². The molecule has 0 fully saturated rings. The lowest BCUT2D eigenvalue weighted by atomic mass is 9.86. The Kier molecular flexibility index (Phi) is 3.02. The Labute approximate surface area is 96.9 Å². The van der Waals surface area contributed by atoms with E-state index in [9.17, 15) is 4.39 Å². The highest BCUT2D eigenvalue weighted by Gasteiger charge is 2.34. The van der Waals surface area contributed by atoms with E-state index < -0.39 is 0 Å². The standard InChI is InChI=1S/C14H20FN/c1-10(2)5-7-14(16)8-6-11-9-12(15)3-4-13(11)14/h3-4,9-10H,5-8,16H2,1-2H3. The third kappa shape index (κ3) is 2.12. The summed E-state index contributed by atoms with van der Waals surface area (Å²) in [5.41, 5.74) is 8.50. The third-order valence-corrected chi connectivity index (χ3v) is 3.61. The van der Waals surface area contributed by atoms with Crippen LogP contribution in [0.5, 0.6) is 0 Å². The van der Waals surface area contributed by atoms with E-state index >= 15 is 0 Å². The molecule has 0 aliphatic heterocycles. The van der Waals surface area contributed by atoms with E-state index in [1.807, 2.05) is 6.07 Å². The molecular formula is C14H20FN. The molecule has 1 aliphatic rings. The van der Waals surface area contributed by atoms with Crippen molar-refractivity contribution in [3.05, 3.63) is 35.1 Å². The number of rotatable bonds is 3. The molecule has 1 unspecified atom stereocenters. The van der Waals surface area contributed by atoms with Gasteiger partial charge < -0.3 is 5.73 Å². The molecule has 2 N–H and O–H groups in total. The van der Waals surface area contributed by atoms with E-state index in [0.29, 0.717) is 5.92 Å². The summed E-state index contributed by atoms with van der Waals surface area (Å²) in [6, 6.07) is 5.04. The molecule has 0 saturated carbocycles. The Hall–Kier alpha value is -0.890. The zero-order valence-electron chi connectivity index (χ0n) is 10.1. The van der Waals surface area contributed by atoms with E-state index in [0.717, 1.165) is 36.8 Å². The first-order valence-electron chi connectivity index (χ1n) is 6.09. The second kappa shape index (κ2) is 4.17. The van der Waals surface area contributed by atoms with E-state index in [1.165, 1.54) is 6.07 Å². The van der Waals surface area contributed by atoms with Gasteiger partial charge in [0.2, 0.25) is 0 Å². The molecule has 2 rings (SSSR count). The first-order chi connectivity index (χ1) is 7.51. The zero-order chi connectivity index (χ0) is 11.8. The Morgan fingerprint density at radius 2 is 2.19 bits per heavy atom. The van der Waals surface area contributed by atoms with Crippen molar-refractivity contribution < 1.29 is 4.39 Å². The van der Waals surface area contributed by atoms with Gasteiger partial charge in [-0.25, -0.2) is 4.39 Å². The smallest absolute Gasteiger partial charge is 0.123 e. The van der Waals surface area contributed by atoms with Crippen molar-refractivity contribution in [2.24, 2.45) is 11.7 Å². The van der Waals surface area contributed by atoms with Crippen LogP contribution in [-0.4, -0.2) is 0 Å². The second-order valence-corrected chi connectivity index (χ2v) is 5.39. The van der Waals surface area contributed by atoms with Gasteiger partial charge in [0.05, 0.1) is 0 Å². The number of fused-ring (bicyclic) bond motifs is 1. The van der Waals surface area contributed by atoms with Crippen LogP contribution in [0.2, 0.25) is 0 Å². The first kappa shape index (κ1) is 11.6. The quantitative estimate of drug-likeness (QED) is 0.832. The summed E-state index contributed by atoms with van der Waals surface area (Å²) >= 11 is 0. The van der Waals surface area contributed by atoms with Crippen molar-refractivity contribution in [1.29, 1.82) is 0 Å². The topological polar surface area (TPSA) is 26.0 Å². The molecule has 0 bridgehead atoms. The molecule has 1 aromatic carbocycles. The highest BCUT2D eigenvalue weighted by molar-refractivity contribution is 5.38. The number of nitrogens with two attached hydrogens (primary N) is 1. The lowest BCUT2D eigenvalue weighted by molar-refractivity contribution is 0.364. The van der Waals surface area contributed by atoms with Crippen LogP contribution in [0, 0.1) is 11.7 Å². The number of hydrogen-bond donors (Lipinski definition) is 1. The fourth-order valence-corrected chi connectivity index (χ4v) is 2.55. The van der Waals surface area contributed by atoms with Gasteiger partial charge in [0.1, 0.15) is 5.82 Å². The van der Waals surface area contributed by atoms with Crippen molar-refractivity contribution in [3.8, 4) is 0 Å². The van der Waals surface area contributed by atoms with Crippen molar-refractivity contribution in [2.75, 3.05) is 0 Å². The average Bonchev–Trinajstić information content (AvgIpc) is 2.54. The summed E-state index contributed by atoms with van der Waals surface area (Å²) in [6.07, 6.45) is 4.01. The summed E-state index contributed by atoms with van der Waals surface area (Å²) in [6.45, 7) is 4.42. The van der Waals surface area contributed by atoms with E-state index in [2.05, 4.69) is 13.8 Å². The van der Waals surface area contributed by atoms with Gasteiger partial charge in [-0.3, -0.25) is 0 Å². The molecule has 1 aliphatic carbocycles. The molecule has 0 aromatic heterocycles. The molecular weight excluding hydrogens is 201 g/mol. The first-order valence-corrected chi connectivity index (χ1v) is 6.09. The largest absolute Gasteiger partial charge is 0.321 e.